The van der Waals surface area contributed by atoms with Crippen LogP contribution in [0.4, 0.5) is 15.8 Å². The number of nitrogens with one attached hydrogen (secondary N) is 1. The molecule has 10 heteroatoms. The second kappa shape index (κ2) is 8.32. The van der Waals surface area contributed by atoms with Crippen molar-refractivity contribution in [3.8, 4) is 11.4 Å². The zero-order valence-electron chi connectivity index (χ0n) is 13.7. The number of pyridine rings is 1. The number of amides is 1. The first-order valence-electron chi connectivity index (χ1n) is 7.64. The molecule has 0 aliphatic heterocycles. The van der Waals surface area contributed by atoms with Crippen LogP contribution in [0.3, 0.4) is 0 Å². The van der Waals surface area contributed by atoms with Crippen molar-refractivity contribution in [2.75, 3.05) is 11.1 Å². The number of carbonyl (C=O) groups excluding carboxylic acids is 1. The van der Waals surface area contributed by atoms with E-state index in [-0.39, 0.29) is 11.4 Å². The Hall–Kier alpha value is -3.40. The van der Waals surface area contributed by atoms with Crippen molar-refractivity contribution in [1.29, 1.82) is 0 Å². The first kappa shape index (κ1) is 18.4. The number of nitro benzene ring substituents is 1. The van der Waals surface area contributed by atoms with E-state index in [4.69, 9.17) is 0 Å². The minimum absolute atomic E-state index is 0.0167. The molecular formula is C17H12FN5O3S. The lowest BCUT2D eigenvalue weighted by molar-refractivity contribution is -0.387. The van der Waals surface area contributed by atoms with Gasteiger partial charge in [0.25, 0.3) is 0 Å². The van der Waals surface area contributed by atoms with Crippen LogP contribution in [0.2, 0.25) is 0 Å². The van der Waals surface area contributed by atoms with Crippen LogP contribution in [0.15, 0.2) is 59.8 Å². The molecule has 0 spiro atoms. The summed E-state index contributed by atoms with van der Waals surface area (Å²) in [4.78, 5) is 26.0. The molecule has 0 saturated carbocycles. The summed E-state index contributed by atoms with van der Waals surface area (Å²) in [6, 6.07) is 12.1. The number of thioether (sulfide) groups is 1. The monoisotopic (exact) mass is 385 g/mol. The Labute approximate surface area is 157 Å². The molecule has 27 heavy (non-hydrogen) atoms. The molecule has 2 aromatic heterocycles. The molecule has 1 amide bonds. The minimum atomic E-state index is -0.962. The van der Waals surface area contributed by atoms with Crippen molar-refractivity contribution in [2.24, 2.45) is 0 Å². The van der Waals surface area contributed by atoms with Crippen molar-refractivity contribution in [1.82, 2.24) is 15.2 Å². The fourth-order valence-electron chi connectivity index (χ4n) is 2.11. The second-order valence-electron chi connectivity index (χ2n) is 5.23. The van der Waals surface area contributed by atoms with Gasteiger partial charge in [-0.3, -0.25) is 19.9 Å². The molecule has 0 fully saturated rings. The van der Waals surface area contributed by atoms with E-state index < -0.39 is 22.3 Å². The summed E-state index contributed by atoms with van der Waals surface area (Å²) in [6.07, 6.45) is 1.66. The summed E-state index contributed by atoms with van der Waals surface area (Å²) in [5, 5.41) is 21.9. The number of nitro groups is 1. The van der Waals surface area contributed by atoms with Crippen LogP contribution < -0.4 is 5.32 Å². The van der Waals surface area contributed by atoms with Crippen molar-refractivity contribution >= 4 is 29.0 Å². The summed E-state index contributed by atoms with van der Waals surface area (Å²) in [5.41, 5.74) is 0.752. The van der Waals surface area contributed by atoms with E-state index in [0.29, 0.717) is 16.4 Å². The quantitative estimate of drug-likeness (QED) is 0.394. The summed E-state index contributed by atoms with van der Waals surface area (Å²) in [7, 11) is 0. The van der Waals surface area contributed by atoms with Gasteiger partial charge in [0, 0.05) is 18.0 Å². The van der Waals surface area contributed by atoms with Gasteiger partial charge in [-0.05, 0) is 36.4 Å². The minimum Gasteiger partial charge on any atom is -0.325 e. The van der Waals surface area contributed by atoms with Crippen LogP contribution in [0.25, 0.3) is 11.4 Å². The highest BCUT2D eigenvalue weighted by molar-refractivity contribution is 7.99. The summed E-state index contributed by atoms with van der Waals surface area (Å²) in [6.45, 7) is 0. The number of anilines is 1. The molecule has 8 nitrogen and oxygen atoms in total. The van der Waals surface area contributed by atoms with Gasteiger partial charge in [0.1, 0.15) is 10.7 Å². The van der Waals surface area contributed by atoms with Gasteiger partial charge in [-0.2, -0.15) is 4.39 Å². The lowest BCUT2D eigenvalue weighted by Gasteiger charge is -2.05. The molecular weight excluding hydrogens is 373 g/mol. The Balaban J connectivity index is 1.58. The van der Waals surface area contributed by atoms with Gasteiger partial charge in [-0.15, -0.1) is 10.2 Å². The molecule has 0 aliphatic carbocycles. The average molecular weight is 385 g/mol. The third-order valence-electron chi connectivity index (χ3n) is 3.35. The van der Waals surface area contributed by atoms with E-state index >= 15 is 0 Å². The summed E-state index contributed by atoms with van der Waals surface area (Å²) >= 11 is 1.15. The van der Waals surface area contributed by atoms with Crippen molar-refractivity contribution < 1.29 is 14.1 Å². The smallest absolute Gasteiger partial charge is 0.306 e. The maximum atomic E-state index is 13.3. The zero-order chi connectivity index (χ0) is 19.2. The Morgan fingerprint density at radius 2 is 2.00 bits per heavy atom. The molecule has 1 N–H and O–H groups in total. The molecule has 0 radical (unpaired) electrons. The van der Waals surface area contributed by atoms with E-state index in [1.54, 1.807) is 24.4 Å². The molecule has 136 valence electrons. The largest absolute Gasteiger partial charge is 0.325 e. The molecule has 3 rings (SSSR count). The van der Waals surface area contributed by atoms with E-state index in [1.165, 1.54) is 6.07 Å². The van der Waals surface area contributed by atoms with Gasteiger partial charge < -0.3 is 5.32 Å². The highest BCUT2D eigenvalue weighted by Gasteiger charge is 2.15. The van der Waals surface area contributed by atoms with Crippen LogP contribution in [-0.2, 0) is 4.79 Å². The molecule has 0 atom stereocenters. The number of benzene rings is 1. The number of rotatable bonds is 6. The Morgan fingerprint density at radius 3 is 2.67 bits per heavy atom. The lowest BCUT2D eigenvalue weighted by atomic mass is 10.2. The third-order valence-corrected chi connectivity index (χ3v) is 4.27. The second-order valence-corrected chi connectivity index (χ2v) is 6.23. The highest BCUT2D eigenvalue weighted by Crippen LogP contribution is 2.22. The zero-order valence-corrected chi connectivity index (χ0v) is 14.5. The SMILES string of the molecule is O=C(CSc1ccc(-c2ccccn2)nn1)Nc1ccc(F)c([N+](=O)[O-])c1. The number of halogens is 1. The lowest BCUT2D eigenvalue weighted by Crippen LogP contribution is -2.14. The van der Waals surface area contributed by atoms with E-state index in [9.17, 15) is 19.3 Å². The van der Waals surface area contributed by atoms with Crippen molar-refractivity contribution in [3.63, 3.8) is 0 Å². The van der Waals surface area contributed by atoms with E-state index in [0.717, 1.165) is 23.9 Å². The number of aromatic nitrogens is 3. The summed E-state index contributed by atoms with van der Waals surface area (Å²) in [5.74, 6) is -1.35. The Bertz CT molecular complexity index is 970. The Kier molecular flexibility index (Phi) is 5.67. The van der Waals surface area contributed by atoms with Crippen LogP contribution >= 0.6 is 11.8 Å². The Morgan fingerprint density at radius 1 is 1.15 bits per heavy atom. The van der Waals surface area contributed by atoms with Gasteiger partial charge in [0.15, 0.2) is 0 Å². The first-order valence-corrected chi connectivity index (χ1v) is 8.63. The average Bonchev–Trinajstić information content (AvgIpc) is 2.69. The predicted octanol–water partition coefficient (Wildman–Crippen LogP) is 3.32. The van der Waals surface area contributed by atoms with Gasteiger partial charge >= 0.3 is 5.69 Å². The molecule has 0 saturated heterocycles. The van der Waals surface area contributed by atoms with Gasteiger partial charge in [0.05, 0.1) is 16.4 Å². The maximum absolute atomic E-state index is 13.3. The van der Waals surface area contributed by atoms with Crippen LogP contribution in [0.1, 0.15) is 0 Å². The van der Waals surface area contributed by atoms with Gasteiger partial charge in [-0.25, -0.2) is 0 Å². The number of hydrogen-bond acceptors (Lipinski definition) is 7. The number of nitrogens with zero attached hydrogens (tertiary/aromatic N) is 4. The van der Waals surface area contributed by atoms with Crippen molar-refractivity contribution in [2.45, 2.75) is 5.03 Å². The van der Waals surface area contributed by atoms with E-state index in [2.05, 4.69) is 20.5 Å². The molecule has 1 aromatic carbocycles. The fourth-order valence-corrected chi connectivity index (χ4v) is 2.73. The highest BCUT2D eigenvalue weighted by atomic mass is 32.2. The standard InChI is InChI=1S/C17H12FN5O3S/c18-12-5-4-11(9-15(12)23(25)26)20-16(24)10-27-17-7-6-14(21-22-17)13-3-1-2-8-19-13/h1-9H,10H2,(H,20,24). The van der Waals surface area contributed by atoms with Crippen LogP contribution in [0.5, 0.6) is 0 Å². The normalized spacial score (nSPS) is 10.4. The maximum Gasteiger partial charge on any atom is 0.306 e. The van der Waals surface area contributed by atoms with Gasteiger partial charge in [-0.1, -0.05) is 17.8 Å². The van der Waals surface area contributed by atoms with E-state index in [1.807, 2.05) is 12.1 Å². The topological polar surface area (TPSA) is 111 Å². The molecule has 0 aliphatic rings. The third kappa shape index (κ3) is 4.82. The van der Waals surface area contributed by atoms with Crippen molar-refractivity contribution in [3.05, 3.63) is 70.7 Å². The molecule has 3 aromatic rings. The molecule has 0 unspecified atom stereocenters. The summed E-state index contributed by atoms with van der Waals surface area (Å²) < 4.78 is 13.3. The van der Waals surface area contributed by atoms with Crippen LogP contribution in [-0.4, -0.2) is 31.8 Å². The molecule has 0 bridgehead atoms. The fraction of sp³-hybridized carbons (Fsp3) is 0.0588. The van der Waals surface area contributed by atoms with Gasteiger partial charge in [0.2, 0.25) is 11.7 Å². The predicted molar refractivity (Wildman–Crippen MR) is 97.7 cm³/mol. The van der Waals surface area contributed by atoms with Crippen LogP contribution in [0, 0.1) is 15.9 Å². The number of hydrogen-bond donors (Lipinski definition) is 1. The first-order chi connectivity index (χ1) is 13.0. The molecule has 2 heterocycles. The number of carbonyl (C=O) groups is 1.